The lowest BCUT2D eigenvalue weighted by molar-refractivity contribution is -0.142. The lowest BCUT2D eigenvalue weighted by atomic mass is 9.86. The van der Waals surface area contributed by atoms with Crippen LogP contribution >= 0.6 is 0 Å². The number of carbonyl (C=O) groups is 2. The summed E-state index contributed by atoms with van der Waals surface area (Å²) in [6.45, 7) is 3.40. The molecule has 6 heteroatoms. The maximum Gasteiger partial charge on any atom is 0.317 e. The average molecular weight is 381 g/mol. The van der Waals surface area contributed by atoms with Crippen LogP contribution in [0, 0.1) is 12.8 Å². The minimum absolute atomic E-state index is 0.0373. The first-order valence-electron chi connectivity index (χ1n) is 10.1. The zero-order chi connectivity index (χ0) is 19.7. The number of amides is 2. The summed E-state index contributed by atoms with van der Waals surface area (Å²) >= 11 is 0. The molecule has 28 heavy (non-hydrogen) atoms. The first kappa shape index (κ1) is 18.6. The van der Waals surface area contributed by atoms with Crippen molar-refractivity contribution < 1.29 is 14.7 Å². The van der Waals surface area contributed by atoms with Gasteiger partial charge in [-0.25, -0.2) is 4.79 Å². The number of para-hydroxylation sites is 1. The Labute approximate surface area is 164 Å². The fraction of sp³-hybridized carbons (Fsp3) is 0.455. The van der Waals surface area contributed by atoms with E-state index in [0.29, 0.717) is 25.9 Å². The maximum atomic E-state index is 12.6. The molecule has 0 bridgehead atoms. The highest BCUT2D eigenvalue weighted by molar-refractivity contribution is 5.94. The zero-order valence-corrected chi connectivity index (χ0v) is 16.2. The Morgan fingerprint density at radius 1 is 1.18 bits per heavy atom. The van der Waals surface area contributed by atoms with Crippen LogP contribution in [0.5, 0.6) is 0 Å². The van der Waals surface area contributed by atoms with Crippen LogP contribution in [0.2, 0.25) is 0 Å². The van der Waals surface area contributed by atoms with Gasteiger partial charge in [0, 0.05) is 41.3 Å². The number of carbonyl (C=O) groups excluding carboxylic acids is 1. The van der Waals surface area contributed by atoms with Crippen LogP contribution in [-0.2, 0) is 4.79 Å². The van der Waals surface area contributed by atoms with E-state index in [9.17, 15) is 9.59 Å². The first-order chi connectivity index (χ1) is 13.5. The molecule has 2 aliphatic rings. The van der Waals surface area contributed by atoms with Crippen LogP contribution in [0.15, 0.2) is 30.3 Å². The molecule has 1 aromatic heterocycles. The number of benzene rings is 1. The molecule has 6 nitrogen and oxygen atoms in total. The van der Waals surface area contributed by atoms with E-state index in [-0.39, 0.29) is 18.0 Å². The average Bonchev–Trinajstić information content (AvgIpc) is 3.04. The van der Waals surface area contributed by atoms with Gasteiger partial charge >= 0.3 is 12.0 Å². The fourth-order valence-corrected chi connectivity index (χ4v) is 4.52. The normalized spacial score (nSPS) is 22.8. The monoisotopic (exact) mass is 381 g/mol. The second-order valence-electron chi connectivity index (χ2n) is 7.93. The van der Waals surface area contributed by atoms with Crippen molar-refractivity contribution in [1.82, 2.24) is 15.2 Å². The summed E-state index contributed by atoms with van der Waals surface area (Å²) < 4.78 is 0. The highest BCUT2D eigenvalue weighted by atomic mass is 16.4. The third-order valence-corrected chi connectivity index (χ3v) is 6.12. The number of aliphatic carboxylic acids is 1. The Morgan fingerprint density at radius 2 is 1.93 bits per heavy atom. The molecule has 1 aromatic carbocycles. The van der Waals surface area contributed by atoms with E-state index >= 15 is 0 Å². The number of nitrogens with zero attached hydrogens (tertiary/aromatic N) is 1. The van der Waals surface area contributed by atoms with Crippen molar-refractivity contribution in [2.75, 3.05) is 13.1 Å². The SMILES string of the molecule is Cc1[nH]c2ccccc2c1C1=CCN(C(=O)NC2CCC(C(=O)O)CC2)CC1. The maximum absolute atomic E-state index is 12.6. The second-order valence-corrected chi connectivity index (χ2v) is 7.93. The van der Waals surface area contributed by atoms with Crippen LogP contribution in [0.3, 0.4) is 0 Å². The molecule has 148 valence electrons. The number of hydrogen-bond acceptors (Lipinski definition) is 2. The Hall–Kier alpha value is -2.76. The molecule has 0 unspecified atom stereocenters. The number of hydrogen-bond donors (Lipinski definition) is 3. The van der Waals surface area contributed by atoms with Crippen LogP contribution in [0.1, 0.15) is 43.4 Å². The van der Waals surface area contributed by atoms with Gasteiger partial charge in [-0.1, -0.05) is 24.3 Å². The smallest absolute Gasteiger partial charge is 0.317 e. The third kappa shape index (κ3) is 3.63. The molecule has 0 saturated heterocycles. The number of nitrogens with one attached hydrogen (secondary N) is 2. The topological polar surface area (TPSA) is 85.4 Å². The van der Waals surface area contributed by atoms with E-state index in [1.54, 1.807) is 0 Å². The van der Waals surface area contributed by atoms with Gasteiger partial charge < -0.3 is 20.3 Å². The molecule has 4 rings (SSSR count). The van der Waals surface area contributed by atoms with Crippen molar-refractivity contribution in [3.8, 4) is 0 Å². The molecule has 0 atom stereocenters. The number of aromatic amines is 1. The summed E-state index contributed by atoms with van der Waals surface area (Å²) in [6.07, 6.45) is 5.77. The van der Waals surface area contributed by atoms with E-state index in [1.165, 1.54) is 22.2 Å². The summed E-state index contributed by atoms with van der Waals surface area (Å²) in [4.78, 5) is 29.0. The molecule has 0 radical (unpaired) electrons. The molecule has 2 aromatic rings. The molecule has 1 aliphatic heterocycles. The van der Waals surface area contributed by atoms with Crippen LogP contribution in [-0.4, -0.2) is 46.1 Å². The minimum Gasteiger partial charge on any atom is -0.481 e. The van der Waals surface area contributed by atoms with E-state index in [0.717, 1.165) is 24.8 Å². The van der Waals surface area contributed by atoms with Crippen LogP contribution < -0.4 is 5.32 Å². The summed E-state index contributed by atoms with van der Waals surface area (Å²) in [6, 6.07) is 8.37. The predicted molar refractivity (Wildman–Crippen MR) is 109 cm³/mol. The number of carboxylic acids is 1. The third-order valence-electron chi connectivity index (χ3n) is 6.12. The van der Waals surface area contributed by atoms with Crippen LogP contribution in [0.25, 0.3) is 16.5 Å². The molecular formula is C22H27N3O3. The quantitative estimate of drug-likeness (QED) is 0.753. The van der Waals surface area contributed by atoms with E-state index in [1.807, 2.05) is 11.0 Å². The highest BCUT2D eigenvalue weighted by Crippen LogP contribution is 2.32. The summed E-state index contributed by atoms with van der Waals surface area (Å²) in [5.41, 5.74) is 4.87. The molecule has 1 fully saturated rings. The number of aromatic nitrogens is 1. The minimum atomic E-state index is -0.717. The number of carboxylic acid groups (broad SMARTS) is 1. The molecule has 1 aliphatic carbocycles. The Bertz CT molecular complexity index is 922. The number of rotatable bonds is 3. The van der Waals surface area contributed by atoms with Crippen molar-refractivity contribution in [1.29, 1.82) is 0 Å². The fourth-order valence-electron chi connectivity index (χ4n) is 4.52. The van der Waals surface area contributed by atoms with Gasteiger partial charge in [-0.05, 0) is 50.7 Å². The van der Waals surface area contributed by atoms with Gasteiger partial charge in [-0.2, -0.15) is 0 Å². The van der Waals surface area contributed by atoms with Crippen LogP contribution in [0.4, 0.5) is 4.79 Å². The van der Waals surface area contributed by atoms with Gasteiger partial charge in [0.05, 0.1) is 5.92 Å². The van der Waals surface area contributed by atoms with Crippen molar-refractivity contribution in [2.45, 2.75) is 45.1 Å². The molecule has 3 N–H and O–H groups in total. The molecule has 1 saturated carbocycles. The van der Waals surface area contributed by atoms with Gasteiger partial charge in [0.1, 0.15) is 0 Å². The number of urea groups is 1. The van der Waals surface area contributed by atoms with Crippen molar-refractivity contribution in [3.63, 3.8) is 0 Å². The largest absolute Gasteiger partial charge is 0.481 e. The Morgan fingerprint density at radius 3 is 2.61 bits per heavy atom. The van der Waals surface area contributed by atoms with Crippen molar-refractivity contribution in [2.24, 2.45) is 5.92 Å². The van der Waals surface area contributed by atoms with Gasteiger partial charge in [-0.3, -0.25) is 4.79 Å². The number of aryl methyl sites for hydroxylation is 1. The Kier molecular flexibility index (Phi) is 5.11. The zero-order valence-electron chi connectivity index (χ0n) is 16.2. The van der Waals surface area contributed by atoms with Crippen molar-refractivity contribution in [3.05, 3.63) is 41.6 Å². The van der Waals surface area contributed by atoms with Crippen molar-refractivity contribution >= 4 is 28.5 Å². The highest BCUT2D eigenvalue weighted by Gasteiger charge is 2.28. The molecule has 0 spiro atoms. The Balaban J connectivity index is 1.38. The number of fused-ring (bicyclic) bond motifs is 1. The molecular weight excluding hydrogens is 354 g/mol. The van der Waals surface area contributed by atoms with E-state index < -0.39 is 5.97 Å². The summed E-state index contributed by atoms with van der Waals surface area (Å²) in [5, 5.41) is 13.4. The van der Waals surface area contributed by atoms with E-state index in [4.69, 9.17) is 5.11 Å². The lowest BCUT2D eigenvalue weighted by Crippen LogP contribution is -2.47. The predicted octanol–water partition coefficient (Wildman–Crippen LogP) is 3.92. The van der Waals surface area contributed by atoms with Gasteiger partial charge in [0.25, 0.3) is 0 Å². The number of H-pyrrole nitrogens is 1. The van der Waals surface area contributed by atoms with Gasteiger partial charge in [0.15, 0.2) is 0 Å². The standard InChI is InChI=1S/C22H27N3O3/c1-14-20(18-4-2-3-5-19(18)23-14)15-10-12-25(13-11-15)22(28)24-17-8-6-16(7-9-17)21(26)27/h2-5,10,16-17,23H,6-9,11-13H2,1H3,(H,24,28)(H,26,27). The lowest BCUT2D eigenvalue weighted by Gasteiger charge is -2.31. The summed E-state index contributed by atoms with van der Waals surface area (Å²) in [5.74, 6) is -0.973. The second kappa shape index (κ2) is 7.70. The first-order valence-corrected chi connectivity index (χ1v) is 10.1. The van der Waals surface area contributed by atoms with E-state index in [2.05, 4.69) is 41.5 Å². The van der Waals surface area contributed by atoms with Gasteiger partial charge in [0.2, 0.25) is 0 Å². The summed E-state index contributed by atoms with van der Waals surface area (Å²) in [7, 11) is 0. The van der Waals surface area contributed by atoms with Gasteiger partial charge in [-0.15, -0.1) is 0 Å². The molecule has 2 amide bonds. The molecule has 2 heterocycles.